The molecule has 0 saturated heterocycles. The normalized spacial score (nSPS) is 11.1. The van der Waals surface area contributed by atoms with Crippen molar-refractivity contribution in [1.29, 1.82) is 0 Å². The van der Waals surface area contributed by atoms with Gasteiger partial charge in [0.2, 0.25) is 0 Å². The van der Waals surface area contributed by atoms with Crippen LogP contribution < -0.4 is 9.44 Å². The highest BCUT2D eigenvalue weighted by molar-refractivity contribution is 7.90. The minimum Gasteiger partial charge on any atom is -0.264 e. The molecule has 7 nitrogen and oxygen atoms in total. The van der Waals surface area contributed by atoms with Crippen molar-refractivity contribution in [3.63, 3.8) is 0 Å². The van der Waals surface area contributed by atoms with E-state index in [1.165, 1.54) is 24.3 Å². The predicted molar refractivity (Wildman–Crippen MR) is 64.4 cm³/mol. The predicted octanol–water partition coefficient (Wildman–Crippen LogP) is 1.08. The molecule has 0 aliphatic carbocycles. The second kappa shape index (κ2) is 5.80. The van der Waals surface area contributed by atoms with Gasteiger partial charge in [-0.05, 0) is 6.07 Å². The van der Waals surface area contributed by atoms with Crippen LogP contribution in [0.3, 0.4) is 0 Å². The van der Waals surface area contributed by atoms with E-state index in [0.29, 0.717) is 0 Å². The molecule has 0 bridgehead atoms. The van der Waals surface area contributed by atoms with Gasteiger partial charge in [-0.1, -0.05) is 12.1 Å². The summed E-state index contributed by atoms with van der Waals surface area (Å²) in [5.41, 5.74) is -0.414. The molecule has 0 fully saturated rings. The number of nitro groups is 1. The summed E-state index contributed by atoms with van der Waals surface area (Å²) >= 11 is 5.33. The fraction of sp³-hybridized carbons (Fsp3) is 0.250. The molecule has 0 atom stereocenters. The Labute approximate surface area is 103 Å². The van der Waals surface area contributed by atoms with Crippen LogP contribution in [0.25, 0.3) is 0 Å². The smallest absolute Gasteiger partial charge is 0.264 e. The number of benzene rings is 1. The van der Waals surface area contributed by atoms with Crippen LogP contribution in [0, 0.1) is 10.1 Å². The quantitative estimate of drug-likeness (QED) is 0.462. The van der Waals surface area contributed by atoms with E-state index in [0.717, 1.165) is 0 Å². The van der Waals surface area contributed by atoms with Crippen molar-refractivity contribution in [2.45, 2.75) is 0 Å². The molecule has 1 rings (SSSR count). The third kappa shape index (κ3) is 4.17. The average molecular weight is 280 g/mol. The zero-order chi connectivity index (χ0) is 12.9. The number of nitro benzene ring substituents is 1. The van der Waals surface area contributed by atoms with Gasteiger partial charge in [0, 0.05) is 18.5 Å². The summed E-state index contributed by atoms with van der Waals surface area (Å²) in [7, 11) is -3.84. The topological polar surface area (TPSA) is 101 Å². The van der Waals surface area contributed by atoms with Gasteiger partial charge in [-0.15, -0.1) is 11.6 Å². The molecule has 2 N–H and O–H groups in total. The van der Waals surface area contributed by atoms with E-state index in [-0.39, 0.29) is 23.8 Å². The Hall–Kier alpha value is -1.38. The SMILES string of the molecule is O=[N+]([O-])c1ccccc1NS(=O)(=O)NCCCl. The van der Waals surface area contributed by atoms with Gasteiger partial charge in [-0.3, -0.25) is 14.8 Å². The lowest BCUT2D eigenvalue weighted by Gasteiger charge is -2.08. The fourth-order valence-electron chi connectivity index (χ4n) is 1.07. The number of rotatable bonds is 6. The zero-order valence-corrected chi connectivity index (χ0v) is 10.2. The fourth-order valence-corrected chi connectivity index (χ4v) is 2.18. The lowest BCUT2D eigenvalue weighted by Crippen LogP contribution is -2.31. The summed E-state index contributed by atoms with van der Waals surface area (Å²) in [6, 6.07) is 5.45. The molecule has 0 radical (unpaired) electrons. The zero-order valence-electron chi connectivity index (χ0n) is 8.59. The first-order valence-electron chi connectivity index (χ1n) is 4.53. The minimum absolute atomic E-state index is 0.0392. The highest BCUT2D eigenvalue weighted by atomic mass is 35.5. The van der Waals surface area contributed by atoms with Crippen LogP contribution in [0.15, 0.2) is 24.3 Å². The Kier molecular flexibility index (Phi) is 4.67. The Morgan fingerprint density at radius 3 is 2.59 bits per heavy atom. The number of hydrogen-bond acceptors (Lipinski definition) is 4. The van der Waals surface area contributed by atoms with Gasteiger partial charge in [-0.25, -0.2) is 0 Å². The van der Waals surface area contributed by atoms with Crippen molar-refractivity contribution in [3.05, 3.63) is 34.4 Å². The molecule has 9 heteroatoms. The summed E-state index contributed by atoms with van der Waals surface area (Å²) in [6.07, 6.45) is 0. The van der Waals surface area contributed by atoms with Crippen LogP contribution in [-0.2, 0) is 10.2 Å². The third-order valence-corrected chi connectivity index (χ3v) is 2.99. The number of nitrogens with zero attached hydrogens (tertiary/aromatic N) is 1. The van der Waals surface area contributed by atoms with E-state index >= 15 is 0 Å². The van der Waals surface area contributed by atoms with Crippen molar-refractivity contribution in [2.24, 2.45) is 0 Å². The minimum atomic E-state index is -3.84. The largest absolute Gasteiger partial charge is 0.299 e. The molecule has 0 amide bonds. The summed E-state index contributed by atoms with van der Waals surface area (Å²) in [6.45, 7) is 0.0392. The summed E-state index contributed by atoms with van der Waals surface area (Å²) in [5, 5.41) is 10.7. The van der Waals surface area contributed by atoms with Gasteiger partial charge in [0.25, 0.3) is 15.9 Å². The molecule has 0 aromatic heterocycles. The molecule has 1 aromatic carbocycles. The monoisotopic (exact) mass is 279 g/mol. The van der Waals surface area contributed by atoms with Gasteiger partial charge >= 0.3 is 0 Å². The van der Waals surface area contributed by atoms with Gasteiger partial charge in [0.15, 0.2) is 0 Å². The maximum Gasteiger partial charge on any atom is 0.299 e. The first-order chi connectivity index (χ1) is 7.96. The summed E-state index contributed by atoms with van der Waals surface area (Å²) in [5.74, 6) is 0.109. The molecule has 0 aliphatic rings. The van der Waals surface area contributed by atoms with E-state index in [1.807, 2.05) is 0 Å². The Balaban J connectivity index is 2.92. The molecule has 1 aromatic rings. The Bertz CT molecular complexity index is 505. The number of halogens is 1. The van der Waals surface area contributed by atoms with Crippen LogP contribution in [0.1, 0.15) is 0 Å². The van der Waals surface area contributed by atoms with Crippen LogP contribution in [0.5, 0.6) is 0 Å². The molecule has 17 heavy (non-hydrogen) atoms. The van der Waals surface area contributed by atoms with E-state index in [1.54, 1.807) is 0 Å². The van der Waals surface area contributed by atoms with Gasteiger partial charge in [0.1, 0.15) is 5.69 Å². The Morgan fingerprint density at radius 1 is 1.35 bits per heavy atom. The van der Waals surface area contributed by atoms with Crippen molar-refractivity contribution in [2.75, 3.05) is 17.1 Å². The van der Waals surface area contributed by atoms with Crippen molar-refractivity contribution in [3.8, 4) is 0 Å². The summed E-state index contributed by atoms with van der Waals surface area (Å²) < 4.78 is 27.1. The molecular formula is C8H10ClN3O4S. The van der Waals surface area contributed by atoms with Crippen LogP contribution in [-0.4, -0.2) is 25.8 Å². The highest BCUT2D eigenvalue weighted by Gasteiger charge is 2.17. The summed E-state index contributed by atoms with van der Waals surface area (Å²) in [4.78, 5) is 9.98. The van der Waals surface area contributed by atoms with Crippen LogP contribution >= 0.6 is 11.6 Å². The number of hydrogen-bond donors (Lipinski definition) is 2. The molecular weight excluding hydrogens is 270 g/mol. The van der Waals surface area contributed by atoms with E-state index in [4.69, 9.17) is 11.6 Å². The second-order valence-electron chi connectivity index (χ2n) is 2.96. The van der Waals surface area contributed by atoms with Crippen LogP contribution in [0.4, 0.5) is 11.4 Å². The van der Waals surface area contributed by atoms with Crippen molar-refractivity contribution in [1.82, 2.24) is 4.72 Å². The molecule has 94 valence electrons. The van der Waals surface area contributed by atoms with E-state index in [9.17, 15) is 18.5 Å². The number of nitrogens with one attached hydrogen (secondary N) is 2. The molecule has 0 heterocycles. The van der Waals surface area contributed by atoms with Gasteiger partial charge < -0.3 is 0 Å². The van der Waals surface area contributed by atoms with E-state index in [2.05, 4.69) is 9.44 Å². The molecule has 0 aliphatic heterocycles. The second-order valence-corrected chi connectivity index (χ2v) is 4.84. The third-order valence-electron chi connectivity index (χ3n) is 1.73. The standard InChI is InChI=1S/C8H10ClN3O4S/c9-5-6-10-17(15,16)11-7-3-1-2-4-8(7)12(13)14/h1-4,10-11H,5-6H2. The number of para-hydroxylation sites is 2. The van der Waals surface area contributed by atoms with Gasteiger partial charge in [-0.2, -0.15) is 13.1 Å². The molecule has 0 saturated carbocycles. The average Bonchev–Trinajstić information content (AvgIpc) is 2.26. The first kappa shape index (κ1) is 13.7. The lowest BCUT2D eigenvalue weighted by molar-refractivity contribution is -0.383. The van der Waals surface area contributed by atoms with Gasteiger partial charge in [0.05, 0.1) is 4.92 Å². The van der Waals surface area contributed by atoms with Crippen molar-refractivity contribution < 1.29 is 13.3 Å². The highest BCUT2D eigenvalue weighted by Crippen LogP contribution is 2.23. The number of anilines is 1. The molecule has 0 unspecified atom stereocenters. The van der Waals surface area contributed by atoms with E-state index < -0.39 is 15.1 Å². The van der Waals surface area contributed by atoms with Crippen molar-refractivity contribution >= 4 is 33.2 Å². The maximum absolute atomic E-state index is 11.4. The molecule has 0 spiro atoms. The maximum atomic E-state index is 11.4. The van der Waals surface area contributed by atoms with Crippen LogP contribution in [0.2, 0.25) is 0 Å². The lowest BCUT2D eigenvalue weighted by atomic mass is 10.3. The first-order valence-corrected chi connectivity index (χ1v) is 6.55. The Morgan fingerprint density at radius 2 is 2.00 bits per heavy atom. The number of alkyl halides is 1.